The Bertz CT molecular complexity index is 694. The van der Waals surface area contributed by atoms with E-state index < -0.39 is 26.5 Å². The van der Waals surface area contributed by atoms with E-state index in [0.717, 1.165) is 19.3 Å². The molecule has 0 bridgehead atoms. The number of aliphatic hydroxyl groups excluding tert-OH is 1. The van der Waals surface area contributed by atoms with Crippen molar-refractivity contribution in [3.63, 3.8) is 0 Å². The quantitative estimate of drug-likeness (QED) is 0.0371. The van der Waals surface area contributed by atoms with Crippen LogP contribution in [0.4, 0.5) is 0 Å². The molecule has 0 heterocycles. The first-order chi connectivity index (χ1) is 20.8. The van der Waals surface area contributed by atoms with Crippen LogP contribution in [0.2, 0.25) is 0 Å². The Morgan fingerprint density at radius 2 is 1.07 bits per heavy atom. The van der Waals surface area contributed by atoms with Crippen molar-refractivity contribution in [2.45, 2.75) is 174 Å². The third-order valence-corrected chi connectivity index (χ3v) is 8.49. The molecule has 3 N–H and O–H groups in total. The maximum absolute atomic E-state index is 11.9. The van der Waals surface area contributed by atoms with E-state index >= 15 is 0 Å². The van der Waals surface area contributed by atoms with Gasteiger partial charge in [0, 0.05) is 19.4 Å². The van der Waals surface area contributed by atoms with Gasteiger partial charge in [0.2, 0.25) is 5.91 Å². The van der Waals surface area contributed by atoms with Crippen molar-refractivity contribution in [3.05, 3.63) is 0 Å². The number of unbranched alkanes of at least 4 members (excludes halogenated alkanes) is 20. The highest BCUT2D eigenvalue weighted by Gasteiger charge is 2.23. The van der Waals surface area contributed by atoms with Crippen molar-refractivity contribution in [3.8, 4) is 0 Å². The molecule has 1 amide bonds. The van der Waals surface area contributed by atoms with Crippen LogP contribution in [0.1, 0.15) is 168 Å². The van der Waals surface area contributed by atoms with Gasteiger partial charge in [-0.1, -0.05) is 142 Å². The Morgan fingerprint density at radius 3 is 1.51 bits per heavy atom. The average Bonchev–Trinajstić information content (AvgIpc) is 2.98. The molecular weight excluding hydrogens is 569 g/mol. The van der Waals surface area contributed by atoms with Crippen LogP contribution in [0.3, 0.4) is 0 Å². The van der Waals surface area contributed by atoms with Crippen LogP contribution < -0.4 is 5.32 Å². The number of carbonyl (C=O) groups is 2. The molecule has 0 aliphatic carbocycles. The first kappa shape index (κ1) is 42.0. The molecular formula is C33H66NO8P. The van der Waals surface area contributed by atoms with Gasteiger partial charge >= 0.3 is 13.8 Å². The molecule has 0 saturated carbocycles. The van der Waals surface area contributed by atoms with Crippen molar-refractivity contribution in [1.82, 2.24) is 5.32 Å². The highest BCUT2D eigenvalue weighted by molar-refractivity contribution is 7.47. The minimum Gasteiger partial charge on any atom is -0.463 e. The molecule has 0 aromatic heterocycles. The molecule has 0 rings (SSSR count). The topological polar surface area (TPSA) is 131 Å². The maximum Gasteiger partial charge on any atom is 0.472 e. The zero-order valence-electron chi connectivity index (χ0n) is 27.7. The van der Waals surface area contributed by atoms with Gasteiger partial charge in [-0.2, -0.15) is 0 Å². The van der Waals surface area contributed by atoms with Gasteiger partial charge in [-0.3, -0.25) is 18.6 Å². The normalized spacial score (nSPS) is 13.5. The molecule has 0 aromatic carbocycles. The fourth-order valence-corrected chi connectivity index (χ4v) is 5.65. The number of amides is 1. The van der Waals surface area contributed by atoms with Gasteiger partial charge in [-0.05, 0) is 12.8 Å². The fraction of sp³-hybridized carbons (Fsp3) is 0.939. The first-order valence-corrected chi connectivity index (χ1v) is 19.0. The molecule has 256 valence electrons. The van der Waals surface area contributed by atoms with E-state index in [2.05, 4.69) is 12.2 Å². The fourth-order valence-electron chi connectivity index (χ4n) is 4.90. The molecule has 10 heteroatoms. The average molecular weight is 636 g/mol. The van der Waals surface area contributed by atoms with Crippen LogP contribution in [-0.4, -0.2) is 54.3 Å². The van der Waals surface area contributed by atoms with Crippen LogP contribution in [0.15, 0.2) is 0 Å². The summed E-state index contributed by atoms with van der Waals surface area (Å²) in [7, 11) is -4.37. The Morgan fingerprint density at radius 1 is 0.628 bits per heavy atom. The highest BCUT2D eigenvalue weighted by Crippen LogP contribution is 2.42. The lowest BCUT2D eigenvalue weighted by Crippen LogP contribution is -2.27. The molecule has 2 atom stereocenters. The lowest BCUT2D eigenvalue weighted by atomic mass is 10.0. The predicted octanol–water partition coefficient (Wildman–Crippen LogP) is 8.54. The number of esters is 1. The van der Waals surface area contributed by atoms with Gasteiger partial charge < -0.3 is 20.1 Å². The summed E-state index contributed by atoms with van der Waals surface area (Å²) in [6, 6.07) is 0. The standard InChI is InChI=1S/C33H66NO8P/c1-3-5-6-7-8-9-10-11-12-13-14-15-16-17-18-19-20-21-22-23-24-26-33(37)40-29-31(35)30-42-43(38,39)41-28-27-34-32(36)25-4-2/h31,35H,3-30H2,1-2H3,(H,34,36)(H,38,39). The minimum atomic E-state index is -4.37. The molecule has 0 aliphatic heterocycles. The SMILES string of the molecule is CCCCCCCCCCCCCCCCCCCCCCCC(=O)OCC(O)COP(=O)(O)OCCNC(=O)CCC. The zero-order chi connectivity index (χ0) is 31.9. The van der Waals surface area contributed by atoms with Gasteiger partial charge in [0.25, 0.3) is 0 Å². The van der Waals surface area contributed by atoms with Crippen molar-refractivity contribution in [2.75, 3.05) is 26.4 Å². The van der Waals surface area contributed by atoms with Gasteiger partial charge in [-0.25, -0.2) is 4.57 Å². The summed E-state index contributed by atoms with van der Waals surface area (Å²) in [5.41, 5.74) is 0. The number of carbonyl (C=O) groups excluding carboxylic acids is 2. The predicted molar refractivity (Wildman–Crippen MR) is 174 cm³/mol. The van der Waals surface area contributed by atoms with E-state index in [1.165, 1.54) is 116 Å². The molecule has 43 heavy (non-hydrogen) atoms. The summed E-state index contributed by atoms with van der Waals surface area (Å²) in [4.78, 5) is 32.8. The van der Waals surface area contributed by atoms with Crippen LogP contribution in [0.5, 0.6) is 0 Å². The number of hydrogen-bond acceptors (Lipinski definition) is 7. The van der Waals surface area contributed by atoms with Crippen molar-refractivity contribution in [2.24, 2.45) is 0 Å². The number of aliphatic hydroxyl groups is 1. The van der Waals surface area contributed by atoms with E-state index in [1.807, 2.05) is 6.92 Å². The van der Waals surface area contributed by atoms with Crippen molar-refractivity contribution < 1.29 is 37.9 Å². The van der Waals surface area contributed by atoms with E-state index in [-0.39, 0.29) is 32.1 Å². The maximum atomic E-state index is 11.9. The molecule has 0 aliphatic rings. The molecule has 0 saturated heterocycles. The van der Waals surface area contributed by atoms with Gasteiger partial charge in [0.1, 0.15) is 12.7 Å². The Kier molecular flexibility index (Phi) is 30.3. The second-order valence-electron chi connectivity index (χ2n) is 11.9. The Balaban J connectivity index is 3.44. The zero-order valence-corrected chi connectivity index (χ0v) is 28.6. The van der Waals surface area contributed by atoms with E-state index in [0.29, 0.717) is 12.8 Å². The van der Waals surface area contributed by atoms with Crippen LogP contribution >= 0.6 is 7.82 Å². The summed E-state index contributed by atoms with van der Waals surface area (Å²) in [6.45, 7) is 3.20. The molecule has 0 spiro atoms. The second kappa shape index (κ2) is 31.0. The smallest absolute Gasteiger partial charge is 0.463 e. The molecule has 0 radical (unpaired) electrons. The van der Waals surface area contributed by atoms with Gasteiger partial charge in [0.15, 0.2) is 0 Å². The second-order valence-corrected chi connectivity index (χ2v) is 13.3. The summed E-state index contributed by atoms with van der Waals surface area (Å²) >= 11 is 0. The van der Waals surface area contributed by atoms with E-state index in [4.69, 9.17) is 13.8 Å². The summed E-state index contributed by atoms with van der Waals surface area (Å²) in [5.74, 6) is -0.564. The van der Waals surface area contributed by atoms with E-state index in [9.17, 15) is 24.2 Å². The number of ether oxygens (including phenoxy) is 1. The first-order valence-electron chi connectivity index (χ1n) is 17.5. The summed E-state index contributed by atoms with van der Waals surface area (Å²) in [5, 5.41) is 12.4. The summed E-state index contributed by atoms with van der Waals surface area (Å²) in [6.07, 6.45) is 27.6. The molecule has 2 unspecified atom stereocenters. The van der Waals surface area contributed by atoms with Crippen LogP contribution in [-0.2, 0) is 27.9 Å². The molecule has 9 nitrogen and oxygen atoms in total. The van der Waals surface area contributed by atoms with Crippen LogP contribution in [0.25, 0.3) is 0 Å². The third kappa shape index (κ3) is 32.2. The minimum absolute atomic E-state index is 0.0758. The number of nitrogens with one attached hydrogen (secondary N) is 1. The Labute approximate surface area is 263 Å². The third-order valence-electron chi connectivity index (χ3n) is 7.51. The van der Waals surface area contributed by atoms with Crippen LogP contribution in [0, 0.1) is 0 Å². The number of phosphoric ester groups is 1. The molecule has 0 fully saturated rings. The van der Waals surface area contributed by atoms with Crippen molar-refractivity contribution in [1.29, 1.82) is 0 Å². The highest BCUT2D eigenvalue weighted by atomic mass is 31.2. The molecule has 0 aromatic rings. The van der Waals surface area contributed by atoms with Gasteiger partial charge in [0.05, 0.1) is 13.2 Å². The van der Waals surface area contributed by atoms with Gasteiger partial charge in [-0.15, -0.1) is 0 Å². The largest absolute Gasteiger partial charge is 0.472 e. The van der Waals surface area contributed by atoms with E-state index in [1.54, 1.807) is 0 Å². The monoisotopic (exact) mass is 635 g/mol. The Hall–Kier alpha value is -0.990. The number of rotatable bonds is 33. The lowest BCUT2D eigenvalue weighted by molar-refractivity contribution is -0.147. The lowest BCUT2D eigenvalue weighted by Gasteiger charge is -2.15. The van der Waals surface area contributed by atoms with Crippen molar-refractivity contribution >= 4 is 19.7 Å². The number of hydrogen-bond donors (Lipinski definition) is 3. The number of phosphoric acid groups is 1. The summed E-state index contributed by atoms with van der Waals surface area (Å²) < 4.78 is 26.3.